The molecule has 10 rings (SSSR count). The maximum absolute atomic E-state index is 13.1. The third-order valence-electron chi connectivity index (χ3n) is 11.3. The molecule has 0 saturated carbocycles. The van der Waals surface area contributed by atoms with Gasteiger partial charge in [0.2, 0.25) is 0 Å². The van der Waals surface area contributed by atoms with Crippen molar-refractivity contribution < 1.29 is 13.2 Å². The molecule has 1 heterocycles. The van der Waals surface area contributed by atoms with Gasteiger partial charge >= 0.3 is 6.18 Å². The van der Waals surface area contributed by atoms with Gasteiger partial charge in [-0.3, -0.25) is 0 Å². The third kappa shape index (κ3) is 7.01. The fourth-order valence-corrected chi connectivity index (χ4v) is 8.22. The Morgan fingerprint density at radius 3 is 1.12 bits per heavy atom. The molecule has 0 atom stereocenters. The number of benzene rings is 9. The Balaban J connectivity index is 0.970. The number of halogens is 3. The molecule has 9 aromatic carbocycles. The summed E-state index contributed by atoms with van der Waals surface area (Å²) in [6.07, 6.45) is -4.36. The van der Waals surface area contributed by atoms with Crippen LogP contribution in [-0.4, -0.2) is 4.57 Å². The van der Waals surface area contributed by atoms with Gasteiger partial charge in [-0.15, -0.1) is 0 Å². The molecule has 0 amide bonds. The molecule has 2 nitrogen and oxygen atoms in total. The Morgan fingerprint density at radius 2 is 0.667 bits per heavy atom. The average molecular weight is 783 g/mol. The maximum Gasteiger partial charge on any atom is 0.416 e. The van der Waals surface area contributed by atoms with E-state index in [9.17, 15) is 13.2 Å². The van der Waals surface area contributed by atoms with E-state index >= 15 is 0 Å². The second-order valence-corrected chi connectivity index (χ2v) is 14.9. The van der Waals surface area contributed by atoms with Crippen LogP contribution in [0.4, 0.5) is 30.2 Å². The molecular weight excluding hydrogens is 746 g/mol. The largest absolute Gasteiger partial charge is 0.416 e. The highest BCUT2D eigenvalue weighted by atomic mass is 19.4. The van der Waals surface area contributed by atoms with Gasteiger partial charge in [0, 0.05) is 33.5 Å². The summed E-state index contributed by atoms with van der Waals surface area (Å²) < 4.78 is 41.7. The molecule has 0 fully saturated rings. The van der Waals surface area contributed by atoms with E-state index in [1.54, 1.807) is 0 Å². The summed E-state index contributed by atoms with van der Waals surface area (Å²) in [4.78, 5) is 2.27. The summed E-state index contributed by atoms with van der Waals surface area (Å²) in [5, 5.41) is 2.48. The van der Waals surface area contributed by atoms with Crippen LogP contribution in [0.25, 0.3) is 72.0 Å². The van der Waals surface area contributed by atoms with Crippen LogP contribution in [0.5, 0.6) is 0 Å². The fraction of sp³-hybridized carbons (Fsp3) is 0.0182. The van der Waals surface area contributed by atoms with Gasteiger partial charge in [-0.2, -0.15) is 13.2 Å². The number of para-hydroxylation sites is 2. The molecular formula is C55H37F3N2. The van der Waals surface area contributed by atoms with Gasteiger partial charge in [0.15, 0.2) is 0 Å². The molecule has 0 aliphatic carbocycles. The number of nitrogens with zero attached hydrogens (tertiary/aromatic N) is 2. The van der Waals surface area contributed by atoms with Crippen LogP contribution in [0.15, 0.2) is 224 Å². The smallest absolute Gasteiger partial charge is 0.311 e. The first-order chi connectivity index (χ1) is 29.4. The minimum absolute atomic E-state index is 0.652. The molecule has 0 aliphatic heterocycles. The van der Waals surface area contributed by atoms with Crippen molar-refractivity contribution in [3.8, 4) is 50.2 Å². The van der Waals surface area contributed by atoms with Crippen LogP contribution in [0.1, 0.15) is 5.56 Å². The third-order valence-corrected chi connectivity index (χ3v) is 11.3. The van der Waals surface area contributed by atoms with E-state index in [4.69, 9.17) is 0 Å². The van der Waals surface area contributed by atoms with Gasteiger partial charge in [0.05, 0.1) is 16.6 Å². The number of aromatic nitrogens is 1. The van der Waals surface area contributed by atoms with Gasteiger partial charge < -0.3 is 9.47 Å². The van der Waals surface area contributed by atoms with Gasteiger partial charge in [-0.25, -0.2) is 0 Å². The van der Waals surface area contributed by atoms with Gasteiger partial charge in [-0.1, -0.05) is 152 Å². The molecule has 0 unspecified atom stereocenters. The van der Waals surface area contributed by atoms with Gasteiger partial charge in [0.1, 0.15) is 0 Å². The highest BCUT2D eigenvalue weighted by Gasteiger charge is 2.30. The first-order valence-corrected chi connectivity index (χ1v) is 19.9. The Morgan fingerprint density at radius 1 is 0.317 bits per heavy atom. The number of hydrogen-bond donors (Lipinski definition) is 0. The number of fused-ring (bicyclic) bond motifs is 3. The zero-order valence-corrected chi connectivity index (χ0v) is 32.4. The summed E-state index contributed by atoms with van der Waals surface area (Å²) in [7, 11) is 0. The zero-order chi connectivity index (χ0) is 40.6. The van der Waals surface area contributed by atoms with Gasteiger partial charge in [0.25, 0.3) is 0 Å². The molecule has 10 aromatic rings. The second kappa shape index (κ2) is 15.3. The standard InChI is InChI=1S/C55H37F3N2/c56-55(57,58)46-29-21-41(22-30-46)39-17-19-40(20-18-39)43-25-33-48(34-26-43)59(47-31-23-42(24-32-47)38-9-2-1-3-10-38)49-35-27-44(28-36-49)45-11-8-12-50(37-45)60-53-15-6-4-13-51(53)52-14-5-7-16-54(52)60/h1-37H. The van der Waals surface area contributed by atoms with E-state index in [0.29, 0.717) is 0 Å². The van der Waals surface area contributed by atoms with E-state index in [1.165, 1.54) is 33.9 Å². The molecule has 0 N–H and O–H groups in total. The Hall–Kier alpha value is -7.63. The molecule has 1 aromatic heterocycles. The van der Waals surface area contributed by atoms with Crippen LogP contribution in [0.2, 0.25) is 0 Å². The Labute approximate surface area is 346 Å². The molecule has 60 heavy (non-hydrogen) atoms. The van der Waals surface area contributed by atoms with Crippen molar-refractivity contribution in [1.29, 1.82) is 0 Å². The lowest BCUT2D eigenvalue weighted by atomic mass is 9.99. The summed E-state index contributed by atoms with van der Waals surface area (Å²) in [5.74, 6) is 0. The highest BCUT2D eigenvalue weighted by Crippen LogP contribution is 2.39. The van der Waals surface area contributed by atoms with Crippen LogP contribution >= 0.6 is 0 Å². The predicted octanol–water partition coefficient (Wildman–Crippen LogP) is 15.9. The van der Waals surface area contributed by atoms with E-state index in [2.05, 4.69) is 179 Å². The van der Waals surface area contributed by atoms with E-state index in [0.717, 1.165) is 79.4 Å². The zero-order valence-electron chi connectivity index (χ0n) is 32.4. The number of alkyl halides is 3. The van der Waals surface area contributed by atoms with Crippen molar-refractivity contribution in [1.82, 2.24) is 4.57 Å². The van der Waals surface area contributed by atoms with Crippen molar-refractivity contribution >= 4 is 38.9 Å². The lowest BCUT2D eigenvalue weighted by Gasteiger charge is -2.26. The summed E-state index contributed by atoms with van der Waals surface area (Å²) in [6.45, 7) is 0. The molecule has 0 bridgehead atoms. The van der Waals surface area contributed by atoms with Gasteiger partial charge in [-0.05, 0) is 117 Å². The minimum atomic E-state index is -4.36. The first kappa shape index (κ1) is 36.7. The maximum atomic E-state index is 13.1. The number of anilines is 3. The number of hydrogen-bond acceptors (Lipinski definition) is 1. The van der Waals surface area contributed by atoms with Crippen molar-refractivity contribution in [2.75, 3.05) is 4.90 Å². The fourth-order valence-electron chi connectivity index (χ4n) is 8.22. The van der Waals surface area contributed by atoms with Crippen molar-refractivity contribution in [3.05, 3.63) is 230 Å². The van der Waals surface area contributed by atoms with Crippen LogP contribution < -0.4 is 4.90 Å². The predicted molar refractivity (Wildman–Crippen MR) is 242 cm³/mol. The quantitative estimate of drug-likeness (QED) is 0.149. The molecule has 5 heteroatoms. The Kier molecular flexibility index (Phi) is 9.34. The highest BCUT2D eigenvalue weighted by molar-refractivity contribution is 6.09. The summed E-state index contributed by atoms with van der Waals surface area (Å²) in [5.41, 5.74) is 14.1. The molecule has 0 saturated heterocycles. The molecule has 0 spiro atoms. The van der Waals surface area contributed by atoms with Crippen molar-refractivity contribution in [2.24, 2.45) is 0 Å². The summed E-state index contributed by atoms with van der Waals surface area (Å²) in [6, 6.07) is 75.4. The Bertz CT molecular complexity index is 3020. The number of rotatable bonds is 8. The topological polar surface area (TPSA) is 8.17 Å². The monoisotopic (exact) mass is 782 g/mol. The average Bonchev–Trinajstić information content (AvgIpc) is 3.64. The molecule has 0 radical (unpaired) electrons. The van der Waals surface area contributed by atoms with E-state index in [1.807, 2.05) is 30.3 Å². The lowest BCUT2D eigenvalue weighted by molar-refractivity contribution is -0.137. The minimum Gasteiger partial charge on any atom is -0.311 e. The SMILES string of the molecule is FC(F)(F)c1ccc(-c2ccc(-c3ccc(N(c4ccc(-c5ccccc5)cc4)c4ccc(-c5cccc(-n6c7ccccc7c7ccccc76)c5)cc4)cc3)cc2)cc1. The van der Waals surface area contributed by atoms with E-state index in [-0.39, 0.29) is 0 Å². The van der Waals surface area contributed by atoms with Crippen LogP contribution in [0.3, 0.4) is 0 Å². The van der Waals surface area contributed by atoms with Crippen molar-refractivity contribution in [2.45, 2.75) is 6.18 Å². The lowest BCUT2D eigenvalue weighted by Crippen LogP contribution is -2.09. The molecule has 0 aliphatic rings. The second-order valence-electron chi connectivity index (χ2n) is 14.9. The summed E-state index contributed by atoms with van der Waals surface area (Å²) >= 11 is 0. The van der Waals surface area contributed by atoms with Crippen molar-refractivity contribution in [3.63, 3.8) is 0 Å². The molecule has 288 valence electrons. The first-order valence-electron chi connectivity index (χ1n) is 19.9. The van der Waals surface area contributed by atoms with Crippen LogP contribution in [0, 0.1) is 0 Å². The van der Waals surface area contributed by atoms with Crippen LogP contribution in [-0.2, 0) is 6.18 Å². The normalized spacial score (nSPS) is 11.6. The van der Waals surface area contributed by atoms with E-state index < -0.39 is 11.7 Å².